The van der Waals surface area contributed by atoms with Gasteiger partial charge in [-0.1, -0.05) is 44.2 Å². The Hall–Kier alpha value is -1.59. The highest BCUT2D eigenvalue weighted by molar-refractivity contribution is 5.80. The molecular weight excluding hydrogens is 348 g/mol. The maximum Gasteiger partial charge on any atom is 0.193 e. The zero-order valence-corrected chi connectivity index (χ0v) is 18.0. The van der Waals surface area contributed by atoms with Gasteiger partial charge in [0, 0.05) is 51.7 Å². The van der Waals surface area contributed by atoms with Crippen molar-refractivity contribution in [2.24, 2.45) is 10.9 Å². The van der Waals surface area contributed by atoms with E-state index in [9.17, 15) is 0 Å². The minimum Gasteiger partial charge on any atom is -0.379 e. The molecule has 2 heterocycles. The molecule has 0 bridgehead atoms. The summed E-state index contributed by atoms with van der Waals surface area (Å²) in [5.74, 6) is 1.79. The van der Waals surface area contributed by atoms with Gasteiger partial charge < -0.3 is 15.0 Å². The van der Waals surface area contributed by atoms with E-state index < -0.39 is 0 Å². The molecule has 0 aliphatic carbocycles. The molecule has 0 radical (unpaired) electrons. The van der Waals surface area contributed by atoms with E-state index in [1.54, 1.807) is 0 Å². The fraction of sp³-hybridized carbons (Fsp3) is 0.696. The van der Waals surface area contributed by atoms with Crippen LogP contribution in [0.2, 0.25) is 0 Å². The molecule has 1 atom stereocenters. The van der Waals surface area contributed by atoms with Crippen molar-refractivity contribution in [1.29, 1.82) is 0 Å². The number of guanidine groups is 1. The van der Waals surface area contributed by atoms with Crippen molar-refractivity contribution in [2.45, 2.75) is 38.5 Å². The van der Waals surface area contributed by atoms with Crippen molar-refractivity contribution in [3.63, 3.8) is 0 Å². The Balaban J connectivity index is 1.56. The van der Waals surface area contributed by atoms with E-state index >= 15 is 0 Å². The topological polar surface area (TPSA) is 40.1 Å². The number of nitrogens with one attached hydrogen (secondary N) is 1. The molecule has 0 spiro atoms. The highest BCUT2D eigenvalue weighted by Crippen LogP contribution is 2.31. The van der Waals surface area contributed by atoms with E-state index in [1.807, 2.05) is 7.05 Å². The van der Waals surface area contributed by atoms with Gasteiger partial charge in [-0.05, 0) is 30.7 Å². The van der Waals surface area contributed by atoms with Crippen LogP contribution in [0, 0.1) is 5.92 Å². The van der Waals surface area contributed by atoms with Crippen molar-refractivity contribution >= 4 is 5.96 Å². The van der Waals surface area contributed by atoms with E-state index in [1.165, 1.54) is 18.5 Å². The van der Waals surface area contributed by atoms with Crippen molar-refractivity contribution in [3.05, 3.63) is 35.9 Å². The highest BCUT2D eigenvalue weighted by atomic mass is 16.5. The van der Waals surface area contributed by atoms with Crippen LogP contribution < -0.4 is 5.32 Å². The fourth-order valence-electron chi connectivity index (χ4n) is 4.71. The van der Waals surface area contributed by atoms with Crippen LogP contribution in [0.4, 0.5) is 0 Å². The number of rotatable bonds is 7. The molecule has 2 fully saturated rings. The van der Waals surface area contributed by atoms with Gasteiger partial charge >= 0.3 is 0 Å². The Morgan fingerprint density at radius 3 is 2.50 bits per heavy atom. The van der Waals surface area contributed by atoms with Crippen molar-refractivity contribution in [3.8, 4) is 0 Å². The molecule has 0 saturated carbocycles. The van der Waals surface area contributed by atoms with Gasteiger partial charge in [-0.25, -0.2) is 0 Å². The first-order valence-electron chi connectivity index (χ1n) is 11.0. The second-order valence-corrected chi connectivity index (χ2v) is 8.27. The van der Waals surface area contributed by atoms with E-state index in [2.05, 4.69) is 64.3 Å². The highest BCUT2D eigenvalue weighted by Gasteiger charge is 2.31. The van der Waals surface area contributed by atoms with E-state index in [0.717, 1.165) is 70.7 Å². The van der Waals surface area contributed by atoms with E-state index in [0.29, 0.717) is 0 Å². The minimum absolute atomic E-state index is 0.157. The molecule has 5 nitrogen and oxygen atoms in total. The van der Waals surface area contributed by atoms with Gasteiger partial charge in [0.1, 0.15) is 0 Å². The lowest BCUT2D eigenvalue weighted by Gasteiger charge is -2.34. The Morgan fingerprint density at radius 1 is 1.14 bits per heavy atom. The molecule has 3 rings (SSSR count). The predicted molar refractivity (Wildman–Crippen MR) is 117 cm³/mol. The molecule has 2 aliphatic rings. The summed E-state index contributed by atoms with van der Waals surface area (Å²) in [6.07, 6.45) is 3.50. The first-order chi connectivity index (χ1) is 13.7. The molecule has 1 unspecified atom stereocenters. The summed E-state index contributed by atoms with van der Waals surface area (Å²) in [5.41, 5.74) is 1.58. The van der Waals surface area contributed by atoms with Crippen LogP contribution in [-0.4, -0.2) is 75.3 Å². The summed E-state index contributed by atoms with van der Waals surface area (Å²) in [6, 6.07) is 10.9. The Morgan fingerprint density at radius 2 is 1.86 bits per heavy atom. The van der Waals surface area contributed by atoms with Crippen molar-refractivity contribution in [2.75, 3.05) is 59.5 Å². The zero-order chi connectivity index (χ0) is 19.8. The third-order valence-corrected chi connectivity index (χ3v) is 6.74. The second-order valence-electron chi connectivity index (χ2n) is 8.27. The van der Waals surface area contributed by atoms with Crippen LogP contribution >= 0.6 is 0 Å². The summed E-state index contributed by atoms with van der Waals surface area (Å²) in [4.78, 5) is 9.62. The van der Waals surface area contributed by atoms with E-state index in [-0.39, 0.29) is 5.41 Å². The summed E-state index contributed by atoms with van der Waals surface area (Å²) in [6.45, 7) is 12.9. The van der Waals surface area contributed by atoms with E-state index in [4.69, 9.17) is 4.74 Å². The predicted octanol–water partition coefficient (Wildman–Crippen LogP) is 2.97. The van der Waals surface area contributed by atoms with Crippen LogP contribution in [0.25, 0.3) is 0 Å². The number of benzene rings is 1. The number of likely N-dealkylation sites (tertiary alicyclic amines) is 1. The number of morpholine rings is 1. The lowest BCUT2D eigenvalue weighted by Crippen LogP contribution is -2.47. The number of ether oxygens (including phenoxy) is 1. The molecule has 0 aromatic heterocycles. The maximum atomic E-state index is 5.48. The monoisotopic (exact) mass is 386 g/mol. The summed E-state index contributed by atoms with van der Waals surface area (Å²) >= 11 is 0. The first kappa shape index (κ1) is 21.1. The van der Waals surface area contributed by atoms with Gasteiger partial charge in [-0.15, -0.1) is 0 Å². The quantitative estimate of drug-likeness (QED) is 0.578. The maximum absolute atomic E-state index is 5.48. The molecule has 5 heteroatoms. The fourth-order valence-corrected chi connectivity index (χ4v) is 4.71. The van der Waals surface area contributed by atoms with Gasteiger partial charge in [0.05, 0.1) is 13.2 Å². The van der Waals surface area contributed by atoms with Gasteiger partial charge in [0.2, 0.25) is 0 Å². The molecule has 0 amide bonds. The lowest BCUT2D eigenvalue weighted by atomic mass is 9.76. The van der Waals surface area contributed by atoms with Crippen molar-refractivity contribution in [1.82, 2.24) is 15.1 Å². The van der Waals surface area contributed by atoms with Gasteiger partial charge in [0.15, 0.2) is 5.96 Å². The number of aliphatic imine (C=N–C) groups is 1. The van der Waals surface area contributed by atoms with Gasteiger partial charge in [-0.2, -0.15) is 0 Å². The third-order valence-electron chi connectivity index (χ3n) is 6.74. The second kappa shape index (κ2) is 10.3. The summed E-state index contributed by atoms with van der Waals surface area (Å²) < 4.78 is 5.48. The average Bonchev–Trinajstić information content (AvgIpc) is 3.21. The Bertz CT molecular complexity index is 608. The molecule has 2 aliphatic heterocycles. The summed E-state index contributed by atoms with van der Waals surface area (Å²) in [5, 5.41) is 3.72. The Labute approximate surface area is 171 Å². The number of nitrogens with zero attached hydrogens (tertiary/aromatic N) is 3. The van der Waals surface area contributed by atoms with Crippen LogP contribution in [0.1, 0.15) is 38.7 Å². The standard InChI is InChI=1S/C23H38N4O/c1-4-23(5-2,21-9-7-6-8-10-21)19-25-22(24-3)27-12-11-20(18-27)17-26-13-15-28-16-14-26/h6-10,20H,4-5,11-19H2,1-3H3,(H,24,25). The molecule has 28 heavy (non-hydrogen) atoms. The lowest BCUT2D eigenvalue weighted by molar-refractivity contribution is 0.0315. The average molecular weight is 387 g/mol. The SMILES string of the molecule is CCC(CC)(CNC(=NC)N1CCC(CN2CCOCC2)C1)c1ccccc1. The third kappa shape index (κ3) is 5.06. The minimum atomic E-state index is 0.157. The Kier molecular flexibility index (Phi) is 7.74. The van der Waals surface area contributed by atoms with Crippen LogP contribution in [0.15, 0.2) is 35.3 Å². The molecule has 1 N–H and O–H groups in total. The van der Waals surface area contributed by atoms with Gasteiger partial charge in [-0.3, -0.25) is 9.89 Å². The first-order valence-corrected chi connectivity index (χ1v) is 11.0. The van der Waals surface area contributed by atoms with Crippen molar-refractivity contribution < 1.29 is 4.74 Å². The molecule has 2 saturated heterocycles. The zero-order valence-electron chi connectivity index (χ0n) is 18.0. The molecule has 156 valence electrons. The summed E-state index contributed by atoms with van der Waals surface area (Å²) in [7, 11) is 1.92. The largest absolute Gasteiger partial charge is 0.379 e. The normalized spacial score (nSPS) is 21.9. The molecule has 1 aromatic rings. The number of hydrogen-bond acceptors (Lipinski definition) is 3. The smallest absolute Gasteiger partial charge is 0.193 e. The van der Waals surface area contributed by atoms with Crippen LogP contribution in [0.3, 0.4) is 0 Å². The molecular formula is C23H38N4O. The van der Waals surface area contributed by atoms with Crippen LogP contribution in [0.5, 0.6) is 0 Å². The van der Waals surface area contributed by atoms with Gasteiger partial charge in [0.25, 0.3) is 0 Å². The van der Waals surface area contributed by atoms with Crippen LogP contribution in [-0.2, 0) is 10.2 Å². The number of hydrogen-bond donors (Lipinski definition) is 1. The molecule has 1 aromatic carbocycles.